The topological polar surface area (TPSA) is 130 Å². The first-order valence-corrected chi connectivity index (χ1v) is 6.15. The van der Waals surface area contributed by atoms with Crippen molar-refractivity contribution in [1.29, 1.82) is 0 Å². The van der Waals surface area contributed by atoms with E-state index >= 15 is 0 Å². The van der Waals surface area contributed by atoms with Gasteiger partial charge in [-0.2, -0.15) is 0 Å². The summed E-state index contributed by atoms with van der Waals surface area (Å²) in [6, 6.07) is 3.54. The van der Waals surface area contributed by atoms with E-state index in [1.54, 1.807) is 0 Å². The summed E-state index contributed by atoms with van der Waals surface area (Å²) in [4.78, 5) is 33.8. The van der Waals surface area contributed by atoms with Crippen LogP contribution in [0.4, 0.5) is 11.5 Å². The molecule has 1 heterocycles. The Kier molecular flexibility index (Phi) is 4.08. The van der Waals surface area contributed by atoms with Gasteiger partial charge in [-0.3, -0.25) is 14.9 Å². The van der Waals surface area contributed by atoms with Gasteiger partial charge in [-0.15, -0.1) is 5.10 Å². The fourth-order valence-corrected chi connectivity index (χ4v) is 1.86. The Morgan fingerprint density at radius 2 is 2.14 bits per heavy atom. The molecule has 2 N–H and O–H groups in total. The minimum Gasteiger partial charge on any atom is -0.465 e. The molecule has 0 atom stereocenters. The highest BCUT2D eigenvalue weighted by Gasteiger charge is 2.21. The van der Waals surface area contributed by atoms with Crippen LogP contribution in [0.5, 0.6) is 0 Å². The monoisotopic (exact) mass is 324 g/mol. The number of hydrogen-bond acceptors (Lipinski definition) is 7. The lowest BCUT2D eigenvalue weighted by Crippen LogP contribution is -2.13. The molecule has 0 unspecified atom stereocenters. The largest absolute Gasteiger partial charge is 0.465 e. The van der Waals surface area contributed by atoms with Crippen molar-refractivity contribution in [2.45, 2.75) is 0 Å². The fourth-order valence-electron chi connectivity index (χ4n) is 1.68. The zero-order valence-electron chi connectivity index (χ0n) is 11.1. The second-order valence-electron chi connectivity index (χ2n) is 4.09. The van der Waals surface area contributed by atoms with E-state index in [4.69, 9.17) is 17.3 Å². The highest BCUT2D eigenvalue weighted by molar-refractivity contribution is 6.32. The number of rotatable bonds is 3. The standard InChI is InChI=1S/C12H9ClN4O5/c1-22-12(19)7-5-16(15-10(7)14)11(18)6-2-3-8(13)9(4-6)17(20)21/h2-5H,1H3,(H2,14,15). The predicted octanol–water partition coefficient (Wildman–Crippen LogP) is 1.50. The smallest absolute Gasteiger partial charge is 0.343 e. The lowest BCUT2D eigenvalue weighted by molar-refractivity contribution is -0.384. The summed E-state index contributed by atoms with van der Waals surface area (Å²) in [6.07, 6.45) is 1.09. The van der Waals surface area contributed by atoms with Gasteiger partial charge < -0.3 is 10.5 Å². The second-order valence-corrected chi connectivity index (χ2v) is 4.50. The minimum atomic E-state index is -0.751. The summed E-state index contributed by atoms with van der Waals surface area (Å²) in [5, 5.41) is 14.4. The Bertz CT molecular complexity index is 786. The number of ether oxygens (including phenoxy) is 1. The number of halogens is 1. The van der Waals surface area contributed by atoms with Crippen LogP contribution in [0.1, 0.15) is 20.7 Å². The Labute approximate surface area is 128 Å². The van der Waals surface area contributed by atoms with E-state index in [9.17, 15) is 19.7 Å². The first-order valence-electron chi connectivity index (χ1n) is 5.77. The highest BCUT2D eigenvalue weighted by atomic mass is 35.5. The van der Waals surface area contributed by atoms with Crippen LogP contribution in [0.25, 0.3) is 0 Å². The zero-order chi connectivity index (χ0) is 16.4. The van der Waals surface area contributed by atoms with Crippen molar-refractivity contribution in [3.05, 3.63) is 50.7 Å². The number of nitro benzene ring substituents is 1. The van der Waals surface area contributed by atoms with E-state index < -0.39 is 22.5 Å². The Balaban J connectivity index is 2.43. The number of nitrogens with two attached hydrogens (primary N) is 1. The number of esters is 1. The van der Waals surface area contributed by atoms with Crippen LogP contribution in [-0.4, -0.2) is 33.7 Å². The van der Waals surface area contributed by atoms with Crippen molar-refractivity contribution in [1.82, 2.24) is 9.78 Å². The first kappa shape index (κ1) is 15.4. The van der Waals surface area contributed by atoms with Crippen molar-refractivity contribution in [3.63, 3.8) is 0 Å². The normalized spacial score (nSPS) is 10.3. The number of carbonyl (C=O) groups excluding carboxylic acids is 2. The van der Waals surface area contributed by atoms with Gasteiger partial charge in [0.2, 0.25) is 0 Å². The van der Waals surface area contributed by atoms with E-state index in [2.05, 4.69) is 9.84 Å². The summed E-state index contributed by atoms with van der Waals surface area (Å²) in [5.41, 5.74) is 4.99. The molecule has 0 aliphatic carbocycles. The van der Waals surface area contributed by atoms with E-state index in [0.717, 1.165) is 24.1 Å². The number of methoxy groups -OCH3 is 1. The summed E-state index contributed by atoms with van der Waals surface area (Å²) in [6.45, 7) is 0. The predicted molar refractivity (Wildman–Crippen MR) is 75.8 cm³/mol. The van der Waals surface area contributed by atoms with Crippen LogP contribution >= 0.6 is 11.6 Å². The fraction of sp³-hybridized carbons (Fsp3) is 0.0833. The maximum absolute atomic E-state index is 12.2. The third-order valence-electron chi connectivity index (χ3n) is 2.75. The number of anilines is 1. The summed E-state index contributed by atoms with van der Waals surface area (Å²) < 4.78 is 5.29. The van der Waals surface area contributed by atoms with Gasteiger partial charge in [0, 0.05) is 11.6 Å². The lowest BCUT2D eigenvalue weighted by atomic mass is 10.2. The molecule has 0 saturated carbocycles. The van der Waals surface area contributed by atoms with Crippen LogP contribution < -0.4 is 5.73 Å². The SMILES string of the molecule is COC(=O)c1cn(C(=O)c2ccc(Cl)c([N+](=O)[O-])c2)nc1N. The van der Waals surface area contributed by atoms with Gasteiger partial charge in [0.05, 0.1) is 18.2 Å². The summed E-state index contributed by atoms with van der Waals surface area (Å²) in [7, 11) is 1.16. The summed E-state index contributed by atoms with van der Waals surface area (Å²) in [5.74, 6) is -1.65. The molecule has 0 spiro atoms. The molecule has 9 nitrogen and oxygen atoms in total. The average Bonchev–Trinajstić information content (AvgIpc) is 2.88. The third kappa shape index (κ3) is 2.74. The van der Waals surface area contributed by atoms with E-state index in [1.807, 2.05) is 0 Å². The van der Waals surface area contributed by atoms with Crippen LogP contribution in [0.2, 0.25) is 5.02 Å². The van der Waals surface area contributed by atoms with E-state index in [0.29, 0.717) is 0 Å². The molecule has 2 aromatic rings. The van der Waals surface area contributed by atoms with Crippen LogP contribution in [0.3, 0.4) is 0 Å². The van der Waals surface area contributed by atoms with Crippen LogP contribution in [0, 0.1) is 10.1 Å². The highest BCUT2D eigenvalue weighted by Crippen LogP contribution is 2.25. The van der Waals surface area contributed by atoms with Crippen molar-refractivity contribution in [2.75, 3.05) is 12.8 Å². The van der Waals surface area contributed by atoms with E-state index in [-0.39, 0.29) is 22.0 Å². The van der Waals surface area contributed by atoms with E-state index in [1.165, 1.54) is 12.1 Å². The maximum Gasteiger partial charge on any atom is 0.343 e. The molecule has 0 aliphatic rings. The van der Waals surface area contributed by atoms with Gasteiger partial charge in [0.15, 0.2) is 5.82 Å². The van der Waals surface area contributed by atoms with Gasteiger partial charge in [-0.25, -0.2) is 9.48 Å². The third-order valence-corrected chi connectivity index (χ3v) is 3.07. The molecule has 114 valence electrons. The maximum atomic E-state index is 12.2. The van der Waals surface area contributed by atoms with Gasteiger partial charge in [-0.05, 0) is 12.1 Å². The van der Waals surface area contributed by atoms with Gasteiger partial charge in [0.1, 0.15) is 10.6 Å². The number of nitrogen functional groups attached to an aromatic ring is 1. The second kappa shape index (κ2) is 5.82. The Morgan fingerprint density at radius 1 is 1.45 bits per heavy atom. The summed E-state index contributed by atoms with van der Waals surface area (Å²) >= 11 is 5.68. The van der Waals surface area contributed by atoms with Crippen LogP contribution in [-0.2, 0) is 4.74 Å². The lowest BCUT2D eigenvalue weighted by Gasteiger charge is -2.01. The van der Waals surface area contributed by atoms with Gasteiger partial charge in [0.25, 0.3) is 11.6 Å². The number of nitro groups is 1. The van der Waals surface area contributed by atoms with Crippen molar-refractivity contribution >= 4 is 35.0 Å². The van der Waals surface area contributed by atoms with Gasteiger partial charge >= 0.3 is 5.97 Å². The molecular weight excluding hydrogens is 316 g/mol. The quantitative estimate of drug-likeness (QED) is 0.514. The molecular formula is C12H9ClN4O5. The number of aromatic nitrogens is 2. The van der Waals surface area contributed by atoms with Crippen LogP contribution in [0.15, 0.2) is 24.4 Å². The molecule has 1 aromatic carbocycles. The molecule has 1 aromatic heterocycles. The van der Waals surface area contributed by atoms with Crippen molar-refractivity contribution in [3.8, 4) is 0 Å². The molecule has 0 aliphatic heterocycles. The minimum absolute atomic E-state index is 0.0324. The number of hydrogen-bond donors (Lipinski definition) is 1. The zero-order valence-corrected chi connectivity index (χ0v) is 11.9. The first-order chi connectivity index (χ1) is 10.3. The molecule has 0 amide bonds. The molecule has 0 fully saturated rings. The average molecular weight is 325 g/mol. The van der Waals surface area contributed by atoms with Crippen molar-refractivity contribution < 1.29 is 19.2 Å². The number of nitrogens with zero attached hydrogens (tertiary/aromatic N) is 3. The molecule has 10 heteroatoms. The molecule has 0 saturated heterocycles. The van der Waals surface area contributed by atoms with Crippen molar-refractivity contribution in [2.24, 2.45) is 0 Å². The Morgan fingerprint density at radius 3 is 2.73 bits per heavy atom. The molecule has 22 heavy (non-hydrogen) atoms. The number of benzene rings is 1. The molecule has 0 radical (unpaired) electrons. The number of carbonyl (C=O) groups is 2. The Hall–Kier alpha value is -2.94. The molecule has 2 rings (SSSR count). The molecule has 0 bridgehead atoms. The van der Waals surface area contributed by atoms with Gasteiger partial charge in [-0.1, -0.05) is 11.6 Å².